The molecule has 0 amide bonds. The molecule has 0 unspecified atom stereocenters. The van der Waals surface area contributed by atoms with E-state index < -0.39 is 18.6 Å². The van der Waals surface area contributed by atoms with Crippen molar-refractivity contribution in [2.75, 3.05) is 38.5 Å². The van der Waals surface area contributed by atoms with Crippen molar-refractivity contribution in [1.29, 1.82) is 0 Å². The third-order valence-corrected chi connectivity index (χ3v) is 7.11. The largest absolute Gasteiger partial charge is 0.394 e. The average molecular weight is 491 g/mol. The maximum absolute atomic E-state index is 10.2. The zero-order chi connectivity index (χ0) is 23.4. The van der Waals surface area contributed by atoms with Crippen LogP contribution in [0.15, 0.2) is 18.5 Å². The number of ether oxygens (including phenoxy) is 1. The lowest BCUT2D eigenvalue weighted by atomic mass is 9.84. The summed E-state index contributed by atoms with van der Waals surface area (Å²) in [6.07, 6.45) is 4.82. The maximum Gasteiger partial charge on any atom is 0.229 e. The van der Waals surface area contributed by atoms with E-state index in [2.05, 4.69) is 20.2 Å². The monoisotopic (exact) mass is 490 g/mol. The van der Waals surface area contributed by atoms with Gasteiger partial charge >= 0.3 is 0 Å². The summed E-state index contributed by atoms with van der Waals surface area (Å²) in [4.78, 5) is 12.2. The van der Waals surface area contributed by atoms with Crippen LogP contribution in [0.25, 0.3) is 0 Å². The molecule has 2 aliphatic rings. The van der Waals surface area contributed by atoms with Crippen LogP contribution in [0.1, 0.15) is 48.8 Å². The number of anilines is 1. The average Bonchev–Trinajstić information content (AvgIpc) is 3.18. The van der Waals surface area contributed by atoms with Crippen LogP contribution >= 0.6 is 22.9 Å². The smallest absolute Gasteiger partial charge is 0.229 e. The number of likely N-dealkylation sites (tertiary alicyclic amines) is 1. The molecule has 0 aliphatic carbocycles. The summed E-state index contributed by atoms with van der Waals surface area (Å²) in [5.74, 6) is 0.515. The molecule has 1 spiro atoms. The molecule has 0 bridgehead atoms. The molecule has 1 fully saturated rings. The van der Waals surface area contributed by atoms with E-state index in [9.17, 15) is 19.0 Å². The van der Waals surface area contributed by atoms with Gasteiger partial charge in [0.05, 0.1) is 23.1 Å². The number of hydrogen-bond acceptors (Lipinski definition) is 8. The van der Waals surface area contributed by atoms with E-state index in [4.69, 9.17) is 16.3 Å². The number of aliphatic hydroxyl groups is 2. The molecule has 4 rings (SSSR count). The summed E-state index contributed by atoms with van der Waals surface area (Å²) in [6, 6.07) is 1.88. The van der Waals surface area contributed by atoms with Crippen LogP contribution in [0, 0.1) is 0 Å². The Hall–Kier alpha value is -1.43. The SMILES string of the molecule is CC(C)(CO)Nc1ncc(CN2CCC3(CC2)OC[C@@H](O)c2cc(Cl)sc23)cn1.FCF. The number of rotatable bonds is 5. The summed E-state index contributed by atoms with van der Waals surface area (Å²) in [6.45, 7) is 4.93. The summed E-state index contributed by atoms with van der Waals surface area (Å²) in [5, 5.41) is 22.7. The van der Waals surface area contributed by atoms with Crippen molar-refractivity contribution < 1.29 is 23.7 Å². The van der Waals surface area contributed by atoms with Gasteiger partial charge in [-0.05, 0) is 32.8 Å². The van der Waals surface area contributed by atoms with Gasteiger partial charge < -0.3 is 20.3 Å². The minimum Gasteiger partial charge on any atom is -0.394 e. The van der Waals surface area contributed by atoms with E-state index in [1.54, 1.807) is 0 Å². The lowest BCUT2D eigenvalue weighted by Crippen LogP contribution is -2.46. The first-order valence-electron chi connectivity index (χ1n) is 10.4. The molecule has 32 heavy (non-hydrogen) atoms. The molecule has 0 aromatic carbocycles. The highest BCUT2D eigenvalue weighted by Crippen LogP contribution is 2.49. The molecule has 2 aromatic rings. The third kappa shape index (κ3) is 5.92. The molecule has 2 aromatic heterocycles. The molecule has 3 N–H and O–H groups in total. The van der Waals surface area contributed by atoms with E-state index >= 15 is 0 Å². The summed E-state index contributed by atoms with van der Waals surface area (Å²) in [7, 11) is 0. The number of alkyl halides is 2. The first-order chi connectivity index (χ1) is 15.2. The fourth-order valence-electron chi connectivity index (χ4n) is 3.92. The van der Waals surface area contributed by atoms with Gasteiger partial charge in [-0.3, -0.25) is 4.90 Å². The quantitative estimate of drug-likeness (QED) is 0.587. The van der Waals surface area contributed by atoms with Crippen LogP contribution in [-0.2, 0) is 16.9 Å². The molecule has 0 radical (unpaired) electrons. The predicted octanol–water partition coefficient (Wildman–Crippen LogP) is 3.81. The van der Waals surface area contributed by atoms with Crippen molar-refractivity contribution in [3.05, 3.63) is 38.8 Å². The van der Waals surface area contributed by atoms with Gasteiger partial charge in [-0.2, -0.15) is 0 Å². The highest BCUT2D eigenvalue weighted by atomic mass is 35.5. The van der Waals surface area contributed by atoms with Crippen LogP contribution in [-0.4, -0.2) is 63.9 Å². The molecular weight excluding hydrogens is 462 g/mol. The number of aromatic nitrogens is 2. The number of aliphatic hydroxyl groups excluding tert-OH is 2. The first kappa shape index (κ1) is 25.2. The van der Waals surface area contributed by atoms with Crippen LogP contribution in [0.4, 0.5) is 14.7 Å². The molecule has 11 heteroatoms. The van der Waals surface area contributed by atoms with E-state index in [1.165, 1.54) is 11.3 Å². The van der Waals surface area contributed by atoms with E-state index in [1.807, 2.05) is 32.3 Å². The standard InChI is InChI=1S/C20H27ClN4O3S.CH2F2/c1-19(2,12-26)24-18-22-8-13(9-23-18)10-25-5-3-20(4-6-25)17-14(7-16(21)29-17)15(27)11-28-20;2-1-3/h7-9,15,26-27H,3-6,10-12H2,1-2H3,(H,22,23,24);1H2/t15-;/m1./s1. The van der Waals surface area contributed by atoms with Crippen molar-refractivity contribution in [3.63, 3.8) is 0 Å². The second-order valence-corrected chi connectivity index (χ2v) is 10.3. The molecule has 178 valence electrons. The summed E-state index contributed by atoms with van der Waals surface area (Å²) in [5.41, 5.74) is 1.19. The zero-order valence-electron chi connectivity index (χ0n) is 18.2. The number of fused-ring (bicyclic) bond motifs is 2. The molecule has 4 heterocycles. The fraction of sp³-hybridized carbons (Fsp3) is 0.619. The number of halogens is 3. The Morgan fingerprint density at radius 2 is 1.94 bits per heavy atom. The highest BCUT2D eigenvalue weighted by Gasteiger charge is 2.44. The zero-order valence-corrected chi connectivity index (χ0v) is 19.7. The number of nitrogens with one attached hydrogen (secondary N) is 1. The molecule has 0 saturated carbocycles. The van der Waals surface area contributed by atoms with Crippen LogP contribution in [0.5, 0.6) is 0 Å². The van der Waals surface area contributed by atoms with E-state index in [0.717, 1.165) is 48.5 Å². The molecule has 1 saturated heterocycles. The Bertz CT molecular complexity index is 876. The lowest BCUT2D eigenvalue weighted by molar-refractivity contribution is -0.129. The molecule has 2 aliphatic heterocycles. The Morgan fingerprint density at radius 3 is 2.53 bits per heavy atom. The maximum atomic E-state index is 10.2. The van der Waals surface area contributed by atoms with Crippen molar-refractivity contribution in [2.24, 2.45) is 0 Å². The molecule has 1 atom stereocenters. The number of nitrogens with zero attached hydrogens (tertiary/aromatic N) is 3. The van der Waals surface area contributed by atoms with Crippen LogP contribution in [0.2, 0.25) is 4.34 Å². The summed E-state index contributed by atoms with van der Waals surface area (Å²) >= 11 is 7.75. The normalized spacial score (nSPS) is 20.4. The Morgan fingerprint density at radius 1 is 1.31 bits per heavy atom. The van der Waals surface area contributed by atoms with Gasteiger partial charge in [0.1, 0.15) is 11.7 Å². The topological polar surface area (TPSA) is 90.7 Å². The minimum atomic E-state index is -1.75. The second kappa shape index (κ2) is 10.7. The second-order valence-electron chi connectivity index (χ2n) is 8.62. The lowest BCUT2D eigenvalue weighted by Gasteiger charge is -2.44. The van der Waals surface area contributed by atoms with Gasteiger partial charge in [-0.1, -0.05) is 11.6 Å². The minimum absolute atomic E-state index is 0.00387. The Balaban J connectivity index is 0.000000913. The number of piperidine rings is 1. The van der Waals surface area contributed by atoms with Crippen molar-refractivity contribution >= 4 is 28.9 Å². The van der Waals surface area contributed by atoms with Gasteiger partial charge in [0, 0.05) is 48.0 Å². The van der Waals surface area contributed by atoms with Crippen LogP contribution in [0.3, 0.4) is 0 Å². The highest BCUT2D eigenvalue weighted by molar-refractivity contribution is 7.16. The van der Waals surface area contributed by atoms with Gasteiger partial charge in [0.25, 0.3) is 0 Å². The fourth-order valence-corrected chi connectivity index (χ4v) is 5.41. The van der Waals surface area contributed by atoms with Gasteiger partial charge in [-0.15, -0.1) is 11.3 Å². The van der Waals surface area contributed by atoms with Crippen LogP contribution < -0.4 is 5.32 Å². The van der Waals surface area contributed by atoms with Gasteiger partial charge in [0.2, 0.25) is 12.9 Å². The predicted molar refractivity (Wildman–Crippen MR) is 120 cm³/mol. The third-order valence-electron chi connectivity index (χ3n) is 5.64. The van der Waals surface area contributed by atoms with Crippen molar-refractivity contribution in [3.8, 4) is 0 Å². The van der Waals surface area contributed by atoms with Crippen molar-refractivity contribution in [1.82, 2.24) is 14.9 Å². The summed E-state index contributed by atoms with van der Waals surface area (Å²) < 4.78 is 26.1. The van der Waals surface area contributed by atoms with Gasteiger partial charge in [-0.25, -0.2) is 18.7 Å². The molecule has 7 nitrogen and oxygen atoms in total. The number of hydrogen-bond donors (Lipinski definition) is 3. The number of thiophene rings is 1. The Kier molecular flexibility index (Phi) is 8.40. The molecular formula is C21H29ClF2N4O3S. The van der Waals surface area contributed by atoms with E-state index in [-0.39, 0.29) is 12.2 Å². The Labute approximate surface area is 195 Å². The van der Waals surface area contributed by atoms with E-state index in [0.29, 0.717) is 16.9 Å². The van der Waals surface area contributed by atoms with Crippen molar-refractivity contribution in [2.45, 2.75) is 50.5 Å². The first-order valence-corrected chi connectivity index (χ1v) is 11.6. The van der Waals surface area contributed by atoms with Gasteiger partial charge in [0.15, 0.2) is 0 Å².